The highest BCUT2D eigenvalue weighted by atomic mass is 35.5. The van der Waals surface area contributed by atoms with Crippen LogP contribution in [0.1, 0.15) is 11.6 Å². The topological polar surface area (TPSA) is 58.6 Å². The van der Waals surface area contributed by atoms with Crippen molar-refractivity contribution < 1.29 is 9.53 Å². The van der Waals surface area contributed by atoms with Gasteiger partial charge in [0.15, 0.2) is 4.34 Å². The summed E-state index contributed by atoms with van der Waals surface area (Å²) < 4.78 is 8.39. The molecule has 1 aliphatic rings. The zero-order valence-electron chi connectivity index (χ0n) is 25.2. The Kier molecular flexibility index (Phi) is 7.69. The van der Waals surface area contributed by atoms with Gasteiger partial charge >= 0.3 is 0 Å². The number of thiazole rings is 1. The monoisotopic (exact) mass is 692 g/mol. The Bertz CT molecular complexity index is 2290. The Hall–Kier alpha value is -4.34. The molecule has 3 heterocycles. The molecule has 0 bridgehead atoms. The van der Waals surface area contributed by atoms with Gasteiger partial charge in [-0.3, -0.25) is 9.69 Å². The lowest BCUT2D eigenvalue weighted by molar-refractivity contribution is -0.135. The average Bonchev–Trinajstić information content (AvgIpc) is 3.49. The highest BCUT2D eigenvalue weighted by molar-refractivity contribution is 8.01. The van der Waals surface area contributed by atoms with E-state index in [0.29, 0.717) is 15.8 Å². The maximum atomic E-state index is 14.1. The second-order valence-corrected chi connectivity index (χ2v) is 14.6. The van der Waals surface area contributed by atoms with Gasteiger partial charge < -0.3 is 9.64 Å². The van der Waals surface area contributed by atoms with Crippen molar-refractivity contribution >= 4 is 95.5 Å². The van der Waals surface area contributed by atoms with Crippen LogP contribution in [-0.2, 0) is 4.79 Å². The van der Waals surface area contributed by atoms with E-state index < -0.39 is 12.1 Å². The Balaban J connectivity index is 1.31. The van der Waals surface area contributed by atoms with E-state index >= 15 is 0 Å². The SMILES string of the molecule is CN(C)c1ccc(N2C(=O)C(Oc3ccc(Cl)cc3Cl)C2c2cc3ccc4ccccc4c3nc2Sc2nc3ccccc3s2)cc1. The number of rotatable bonds is 7. The molecule has 1 aliphatic heterocycles. The molecule has 7 aromatic rings. The van der Waals surface area contributed by atoms with Crippen LogP contribution >= 0.6 is 46.3 Å². The van der Waals surface area contributed by atoms with Crippen molar-refractivity contribution in [3.8, 4) is 5.75 Å². The van der Waals surface area contributed by atoms with Crippen LogP contribution in [0.3, 0.4) is 0 Å². The number of β-lactam (4-membered cyclic amide) rings is 1. The Morgan fingerprint density at radius 2 is 1.62 bits per heavy atom. The van der Waals surface area contributed by atoms with Gasteiger partial charge in [-0.05, 0) is 77.8 Å². The number of hydrogen-bond donors (Lipinski definition) is 0. The highest BCUT2D eigenvalue weighted by Gasteiger charge is 2.52. The molecule has 1 fully saturated rings. The van der Waals surface area contributed by atoms with E-state index in [4.69, 9.17) is 37.9 Å². The third-order valence-corrected chi connectivity index (χ3v) is 11.0. The van der Waals surface area contributed by atoms with Crippen LogP contribution in [0.15, 0.2) is 119 Å². The molecule has 232 valence electrons. The first-order valence-corrected chi connectivity index (χ1v) is 17.3. The zero-order valence-corrected chi connectivity index (χ0v) is 28.4. The highest BCUT2D eigenvalue weighted by Crippen LogP contribution is 2.48. The molecule has 5 aromatic carbocycles. The number of ether oxygens (including phenoxy) is 1. The Morgan fingerprint density at radius 3 is 2.40 bits per heavy atom. The fraction of sp³-hybridized carbons (Fsp3) is 0.108. The van der Waals surface area contributed by atoms with Gasteiger partial charge in [0, 0.05) is 46.8 Å². The molecule has 10 heteroatoms. The summed E-state index contributed by atoms with van der Waals surface area (Å²) in [5, 5.41) is 4.72. The minimum absolute atomic E-state index is 0.173. The number of fused-ring (bicyclic) bond motifs is 4. The number of halogens is 2. The molecule has 6 nitrogen and oxygen atoms in total. The third-order valence-electron chi connectivity index (χ3n) is 8.32. The lowest BCUT2D eigenvalue weighted by atomic mass is 9.89. The van der Waals surface area contributed by atoms with Gasteiger partial charge in [0.25, 0.3) is 5.91 Å². The zero-order chi connectivity index (χ0) is 32.2. The van der Waals surface area contributed by atoms with E-state index in [9.17, 15) is 4.79 Å². The average molecular weight is 694 g/mol. The van der Waals surface area contributed by atoms with Crippen molar-refractivity contribution in [1.29, 1.82) is 0 Å². The van der Waals surface area contributed by atoms with Crippen molar-refractivity contribution in [2.45, 2.75) is 21.5 Å². The molecule has 0 N–H and O–H groups in total. The van der Waals surface area contributed by atoms with Gasteiger partial charge in [-0.15, -0.1) is 11.3 Å². The quantitative estimate of drug-likeness (QED) is 0.122. The summed E-state index contributed by atoms with van der Waals surface area (Å²) >= 11 is 15.9. The molecule has 1 amide bonds. The van der Waals surface area contributed by atoms with Crippen molar-refractivity contribution in [3.63, 3.8) is 0 Å². The summed E-state index contributed by atoms with van der Waals surface area (Å²) in [5.74, 6) is 0.218. The van der Waals surface area contributed by atoms with Gasteiger partial charge in [0.05, 0.1) is 20.8 Å². The second kappa shape index (κ2) is 12.0. The molecular weight excluding hydrogens is 667 g/mol. The number of pyridine rings is 1. The minimum Gasteiger partial charge on any atom is -0.476 e. The number of para-hydroxylation sites is 1. The maximum Gasteiger partial charge on any atom is 0.271 e. The third kappa shape index (κ3) is 5.45. The van der Waals surface area contributed by atoms with Crippen LogP contribution in [0.2, 0.25) is 10.0 Å². The van der Waals surface area contributed by atoms with Crippen LogP contribution in [0.5, 0.6) is 5.75 Å². The number of aromatic nitrogens is 2. The normalized spacial score (nSPS) is 16.2. The van der Waals surface area contributed by atoms with Gasteiger partial charge in [0.1, 0.15) is 16.8 Å². The Morgan fingerprint density at radius 1 is 0.851 bits per heavy atom. The number of benzene rings is 5. The van der Waals surface area contributed by atoms with Crippen LogP contribution in [0, 0.1) is 0 Å². The summed E-state index contributed by atoms with van der Waals surface area (Å²) in [7, 11) is 3.98. The van der Waals surface area contributed by atoms with Gasteiger partial charge in [-0.25, -0.2) is 9.97 Å². The number of anilines is 2. The Labute approximate surface area is 289 Å². The molecule has 2 unspecified atom stereocenters. The van der Waals surface area contributed by atoms with E-state index in [2.05, 4.69) is 36.4 Å². The summed E-state index contributed by atoms with van der Waals surface area (Å²) in [6.45, 7) is 0. The summed E-state index contributed by atoms with van der Waals surface area (Å²) in [5.41, 5.74) is 4.49. The molecule has 0 spiro atoms. The van der Waals surface area contributed by atoms with Crippen molar-refractivity contribution in [1.82, 2.24) is 9.97 Å². The largest absolute Gasteiger partial charge is 0.476 e. The molecule has 0 saturated carbocycles. The lowest BCUT2D eigenvalue weighted by Crippen LogP contribution is -2.61. The number of carbonyl (C=O) groups is 1. The standard InChI is InChI=1S/C37H26Cl2N4O2S2/c1-42(2)24-14-16-25(17-15-24)43-33(34(36(43)44)45-30-18-13-23(38)20-28(30)39)27-19-22-12-11-21-7-3-4-8-26(21)32(22)41-35(27)47-37-40-29-9-5-6-10-31(29)46-37/h3-20,33-34H,1-2H3. The summed E-state index contributed by atoms with van der Waals surface area (Å²) in [6, 6.07) is 35.1. The van der Waals surface area contributed by atoms with Crippen LogP contribution < -0.4 is 14.5 Å². The van der Waals surface area contributed by atoms with Crippen LogP contribution in [0.4, 0.5) is 11.4 Å². The number of carbonyl (C=O) groups excluding carboxylic acids is 1. The summed E-state index contributed by atoms with van der Waals surface area (Å²) in [6.07, 6.45) is -0.850. The van der Waals surface area contributed by atoms with Crippen molar-refractivity contribution in [3.05, 3.63) is 125 Å². The second-order valence-electron chi connectivity index (χ2n) is 11.5. The molecule has 2 atom stereocenters. The predicted molar refractivity (Wildman–Crippen MR) is 195 cm³/mol. The van der Waals surface area contributed by atoms with E-state index in [1.165, 1.54) is 11.8 Å². The maximum absolute atomic E-state index is 14.1. The predicted octanol–water partition coefficient (Wildman–Crippen LogP) is 10.1. The molecular formula is C37H26Cl2N4O2S2. The number of amides is 1. The fourth-order valence-electron chi connectivity index (χ4n) is 5.97. The molecule has 0 radical (unpaired) electrons. The van der Waals surface area contributed by atoms with E-state index in [0.717, 1.165) is 58.2 Å². The number of nitrogens with zero attached hydrogens (tertiary/aromatic N) is 4. The van der Waals surface area contributed by atoms with Gasteiger partial charge in [0.2, 0.25) is 6.10 Å². The van der Waals surface area contributed by atoms with Crippen molar-refractivity contribution in [2.75, 3.05) is 23.9 Å². The molecule has 47 heavy (non-hydrogen) atoms. The van der Waals surface area contributed by atoms with Crippen LogP contribution in [0.25, 0.3) is 31.9 Å². The van der Waals surface area contributed by atoms with Gasteiger partial charge in [-0.2, -0.15) is 0 Å². The first kappa shape index (κ1) is 30.0. The molecule has 0 aliphatic carbocycles. The first-order chi connectivity index (χ1) is 22.8. The lowest BCUT2D eigenvalue weighted by Gasteiger charge is -2.47. The number of hydrogen-bond acceptors (Lipinski definition) is 7. The van der Waals surface area contributed by atoms with Crippen LogP contribution in [-0.4, -0.2) is 36.1 Å². The van der Waals surface area contributed by atoms with Crippen molar-refractivity contribution in [2.24, 2.45) is 0 Å². The molecule has 2 aromatic heterocycles. The fourth-order valence-corrected chi connectivity index (χ4v) is 8.53. The van der Waals surface area contributed by atoms with E-state index in [1.807, 2.05) is 73.6 Å². The minimum atomic E-state index is -0.850. The first-order valence-electron chi connectivity index (χ1n) is 14.9. The molecule has 1 saturated heterocycles. The molecule has 8 rings (SSSR count). The smallest absolute Gasteiger partial charge is 0.271 e. The summed E-state index contributed by atoms with van der Waals surface area (Å²) in [4.78, 5) is 28.1. The van der Waals surface area contributed by atoms with E-state index in [-0.39, 0.29) is 5.91 Å². The van der Waals surface area contributed by atoms with Gasteiger partial charge in [-0.1, -0.05) is 71.7 Å². The van der Waals surface area contributed by atoms with E-state index in [1.54, 1.807) is 34.4 Å².